The number of aliphatic hydroxyl groups is 2. The molecule has 0 spiro atoms. The Morgan fingerprint density at radius 3 is 1.92 bits per heavy atom. The lowest BCUT2D eigenvalue weighted by Crippen LogP contribution is -2.07. The summed E-state index contributed by atoms with van der Waals surface area (Å²) in [4.78, 5) is 0. The molecule has 0 aromatic rings. The van der Waals surface area contributed by atoms with E-state index < -0.39 is 0 Å². The molecule has 0 aliphatic carbocycles. The van der Waals surface area contributed by atoms with Gasteiger partial charge in [-0.1, -0.05) is 0 Å². The average molecular weight is 180 g/mol. The first-order valence-corrected chi connectivity index (χ1v) is 3.90. The highest BCUT2D eigenvalue weighted by Gasteiger charge is 2.13. The lowest BCUT2D eigenvalue weighted by molar-refractivity contribution is 0.0765. The quantitative estimate of drug-likeness (QED) is 0.588. The molecule has 1 aliphatic heterocycles. The summed E-state index contributed by atoms with van der Waals surface area (Å²) >= 11 is 0. The Labute approximate surface area is 74.1 Å². The van der Waals surface area contributed by atoms with Crippen LogP contribution in [-0.4, -0.2) is 49.9 Å². The molecule has 1 rings (SSSR count). The fourth-order valence-corrected chi connectivity index (χ4v) is 0.337. The van der Waals surface area contributed by atoms with E-state index in [-0.39, 0.29) is 6.10 Å². The summed E-state index contributed by atoms with van der Waals surface area (Å²) in [6, 6.07) is 0. The maximum atomic E-state index is 8.43. The van der Waals surface area contributed by atoms with E-state index in [0.29, 0.717) is 12.7 Å². The van der Waals surface area contributed by atoms with Gasteiger partial charge in [-0.3, -0.25) is 0 Å². The highest BCUT2D eigenvalue weighted by atomic mass is 16.6. The van der Waals surface area contributed by atoms with E-state index in [1.165, 1.54) is 0 Å². The van der Waals surface area contributed by atoms with Gasteiger partial charge in [0.15, 0.2) is 0 Å². The van der Waals surface area contributed by atoms with Gasteiger partial charge in [0.1, 0.15) is 0 Å². The monoisotopic (exact) mass is 180 g/mol. The van der Waals surface area contributed by atoms with Gasteiger partial charge < -0.3 is 19.7 Å². The third-order valence-corrected chi connectivity index (χ3v) is 0.908. The van der Waals surface area contributed by atoms with Gasteiger partial charge in [-0.15, -0.1) is 0 Å². The third kappa shape index (κ3) is 22.5. The summed E-state index contributed by atoms with van der Waals surface area (Å²) in [6.07, 6.45) is 0.259. The SMILES string of the molecule is CC1CO1.CO.COCC(C)O. The fourth-order valence-electron chi connectivity index (χ4n) is 0.337. The Morgan fingerprint density at radius 2 is 1.92 bits per heavy atom. The van der Waals surface area contributed by atoms with E-state index in [2.05, 4.69) is 11.7 Å². The molecule has 2 atom stereocenters. The summed E-state index contributed by atoms with van der Waals surface area (Å²) in [5.41, 5.74) is 0. The largest absolute Gasteiger partial charge is 0.400 e. The van der Waals surface area contributed by atoms with Gasteiger partial charge in [0.2, 0.25) is 0 Å². The molecule has 0 saturated carbocycles. The maximum absolute atomic E-state index is 8.43. The zero-order valence-corrected chi connectivity index (χ0v) is 8.28. The van der Waals surface area contributed by atoms with Crippen molar-refractivity contribution in [1.82, 2.24) is 0 Å². The number of hydrogen-bond donors (Lipinski definition) is 2. The molecule has 0 aromatic carbocycles. The lowest BCUT2D eigenvalue weighted by Gasteiger charge is -1.97. The Balaban J connectivity index is 0. The summed E-state index contributed by atoms with van der Waals surface area (Å²) in [5.74, 6) is 0. The molecule has 2 unspecified atom stereocenters. The van der Waals surface area contributed by atoms with Crippen molar-refractivity contribution >= 4 is 0 Å². The number of ether oxygens (including phenoxy) is 2. The molecule has 1 aliphatic rings. The van der Waals surface area contributed by atoms with Crippen molar-refractivity contribution in [3.63, 3.8) is 0 Å². The standard InChI is InChI=1S/C4H10O2.C3H6O.CH4O/c1-4(5)3-6-2;1-3-2-4-3;1-2/h4-5H,3H2,1-2H3;3H,2H2,1H3;2H,1H3. The first-order chi connectivity index (χ1) is 5.66. The molecule has 76 valence electrons. The van der Waals surface area contributed by atoms with Crippen LogP contribution >= 0.6 is 0 Å². The van der Waals surface area contributed by atoms with Crippen LogP contribution in [0.15, 0.2) is 0 Å². The van der Waals surface area contributed by atoms with Crippen LogP contribution in [0.5, 0.6) is 0 Å². The topological polar surface area (TPSA) is 62.2 Å². The first-order valence-electron chi connectivity index (χ1n) is 3.90. The Morgan fingerprint density at radius 1 is 1.58 bits per heavy atom. The summed E-state index contributed by atoms with van der Waals surface area (Å²) < 4.78 is 9.26. The summed E-state index contributed by atoms with van der Waals surface area (Å²) in [5, 5.41) is 15.4. The molecule has 0 bridgehead atoms. The molecule has 0 amide bonds. The van der Waals surface area contributed by atoms with E-state index in [1.54, 1.807) is 14.0 Å². The van der Waals surface area contributed by atoms with Crippen molar-refractivity contribution in [2.24, 2.45) is 0 Å². The molecule has 12 heavy (non-hydrogen) atoms. The molecule has 0 aromatic heterocycles. The number of methoxy groups -OCH3 is 1. The molecule has 4 nitrogen and oxygen atoms in total. The van der Waals surface area contributed by atoms with E-state index in [0.717, 1.165) is 13.7 Å². The molecule has 1 fully saturated rings. The van der Waals surface area contributed by atoms with Gasteiger partial charge >= 0.3 is 0 Å². The minimum atomic E-state index is -0.324. The molecule has 0 radical (unpaired) electrons. The Bertz CT molecular complexity index is 71.5. The van der Waals surface area contributed by atoms with Crippen LogP contribution in [0.25, 0.3) is 0 Å². The Hall–Kier alpha value is -0.160. The second-order valence-electron chi connectivity index (χ2n) is 2.45. The molecular weight excluding hydrogens is 160 g/mol. The highest BCUT2D eigenvalue weighted by Crippen LogP contribution is 2.04. The molecule has 1 saturated heterocycles. The van der Waals surface area contributed by atoms with E-state index in [9.17, 15) is 0 Å². The predicted octanol–water partition coefficient (Wildman–Crippen LogP) is 0.0272. The van der Waals surface area contributed by atoms with Crippen molar-refractivity contribution < 1.29 is 19.7 Å². The minimum Gasteiger partial charge on any atom is -0.400 e. The summed E-state index contributed by atoms with van der Waals surface area (Å²) in [6.45, 7) is 5.16. The van der Waals surface area contributed by atoms with Crippen LogP contribution in [0.4, 0.5) is 0 Å². The van der Waals surface area contributed by atoms with Crippen LogP contribution in [-0.2, 0) is 9.47 Å². The van der Waals surface area contributed by atoms with Gasteiger partial charge in [-0.05, 0) is 13.8 Å². The zero-order valence-electron chi connectivity index (χ0n) is 8.28. The maximum Gasteiger partial charge on any atom is 0.0781 e. The fraction of sp³-hybridized carbons (Fsp3) is 1.00. The smallest absolute Gasteiger partial charge is 0.0781 e. The van der Waals surface area contributed by atoms with Crippen LogP contribution < -0.4 is 0 Å². The number of hydrogen-bond acceptors (Lipinski definition) is 4. The van der Waals surface area contributed by atoms with Crippen LogP contribution in [0, 0.1) is 0 Å². The average Bonchev–Trinajstić information content (AvgIpc) is 2.77. The predicted molar refractivity (Wildman–Crippen MR) is 47.1 cm³/mol. The summed E-state index contributed by atoms with van der Waals surface area (Å²) in [7, 11) is 2.56. The van der Waals surface area contributed by atoms with Crippen LogP contribution in [0.1, 0.15) is 13.8 Å². The third-order valence-electron chi connectivity index (χ3n) is 0.908. The second kappa shape index (κ2) is 10.8. The van der Waals surface area contributed by atoms with Crippen LogP contribution in [0.2, 0.25) is 0 Å². The van der Waals surface area contributed by atoms with Gasteiger partial charge in [0, 0.05) is 14.2 Å². The van der Waals surface area contributed by atoms with Gasteiger partial charge in [0.05, 0.1) is 25.4 Å². The molecule has 1 heterocycles. The van der Waals surface area contributed by atoms with Crippen LogP contribution in [0.3, 0.4) is 0 Å². The molecule has 2 N–H and O–H groups in total. The number of rotatable bonds is 2. The van der Waals surface area contributed by atoms with E-state index in [1.807, 2.05) is 0 Å². The zero-order chi connectivity index (χ0) is 9.98. The Kier molecular flexibility index (Phi) is 13.0. The highest BCUT2D eigenvalue weighted by molar-refractivity contribution is 4.58. The lowest BCUT2D eigenvalue weighted by atomic mass is 10.5. The van der Waals surface area contributed by atoms with Gasteiger partial charge in [-0.25, -0.2) is 0 Å². The van der Waals surface area contributed by atoms with Crippen molar-refractivity contribution in [3.05, 3.63) is 0 Å². The normalized spacial score (nSPS) is 21.0. The van der Waals surface area contributed by atoms with Crippen molar-refractivity contribution in [2.75, 3.05) is 27.4 Å². The van der Waals surface area contributed by atoms with Gasteiger partial charge in [0.25, 0.3) is 0 Å². The van der Waals surface area contributed by atoms with Gasteiger partial charge in [-0.2, -0.15) is 0 Å². The van der Waals surface area contributed by atoms with Crippen molar-refractivity contribution in [3.8, 4) is 0 Å². The van der Waals surface area contributed by atoms with Crippen molar-refractivity contribution in [1.29, 1.82) is 0 Å². The molecule has 4 heteroatoms. The number of epoxide rings is 1. The second-order valence-corrected chi connectivity index (χ2v) is 2.45. The minimum absolute atomic E-state index is 0.324. The van der Waals surface area contributed by atoms with E-state index in [4.69, 9.17) is 14.9 Å². The van der Waals surface area contributed by atoms with E-state index >= 15 is 0 Å². The number of aliphatic hydroxyl groups excluding tert-OH is 2. The molecular formula is C8H20O4. The first kappa shape index (κ1) is 14.4. The van der Waals surface area contributed by atoms with Crippen molar-refractivity contribution in [2.45, 2.75) is 26.1 Å².